The number of carbonyl (C=O) groups excluding carboxylic acids is 2. The Labute approximate surface area is 106 Å². The van der Waals surface area contributed by atoms with Crippen molar-refractivity contribution in [2.24, 2.45) is 10.6 Å². The maximum Gasteiger partial charge on any atom is 0.408 e. The predicted octanol–water partition coefficient (Wildman–Crippen LogP) is 2.36. The molecular formula is C12H20N2O4. The van der Waals surface area contributed by atoms with E-state index in [1.165, 1.54) is 0 Å². The largest absolute Gasteiger partial charge is 0.446 e. The summed E-state index contributed by atoms with van der Waals surface area (Å²) in [6, 6.07) is -0.955. The zero-order chi connectivity index (χ0) is 13.8. The molecule has 102 valence electrons. The van der Waals surface area contributed by atoms with Gasteiger partial charge < -0.3 is 10.1 Å². The fourth-order valence-electron chi connectivity index (χ4n) is 2.01. The lowest BCUT2D eigenvalue weighted by atomic mass is 9.86. The Hall–Kier alpha value is -1.46. The van der Waals surface area contributed by atoms with Crippen LogP contribution in [0.3, 0.4) is 0 Å². The van der Waals surface area contributed by atoms with Crippen molar-refractivity contribution in [3.63, 3.8) is 0 Å². The van der Waals surface area contributed by atoms with Crippen LogP contribution < -0.4 is 5.32 Å². The Balaban J connectivity index is 2.57. The number of ether oxygens (including phenoxy) is 1. The van der Waals surface area contributed by atoms with Crippen LogP contribution in [-0.4, -0.2) is 24.1 Å². The van der Waals surface area contributed by atoms with Gasteiger partial charge >= 0.3 is 12.0 Å². The molecule has 0 bridgehead atoms. The second-order valence-electron chi connectivity index (χ2n) is 5.68. The molecule has 1 atom stereocenters. The molecule has 2 amide bonds. The van der Waals surface area contributed by atoms with E-state index >= 15 is 0 Å². The molecule has 1 N–H and O–H groups in total. The molecule has 6 heteroatoms. The lowest BCUT2D eigenvalue weighted by Crippen LogP contribution is -2.49. The number of hydrogen-bond acceptors (Lipinski definition) is 4. The van der Waals surface area contributed by atoms with Gasteiger partial charge in [0.15, 0.2) is 0 Å². The van der Waals surface area contributed by atoms with Gasteiger partial charge in [0.05, 0.1) is 0 Å². The molecular weight excluding hydrogens is 236 g/mol. The summed E-state index contributed by atoms with van der Waals surface area (Å²) in [6.45, 7) is 5.24. The zero-order valence-corrected chi connectivity index (χ0v) is 11.1. The van der Waals surface area contributed by atoms with Crippen LogP contribution in [0.4, 0.5) is 4.79 Å². The molecule has 1 unspecified atom stereocenters. The van der Waals surface area contributed by atoms with Crippen molar-refractivity contribution in [2.45, 2.75) is 58.6 Å². The summed E-state index contributed by atoms with van der Waals surface area (Å²) >= 11 is 0. The third-order valence-corrected chi connectivity index (χ3v) is 3.04. The lowest BCUT2D eigenvalue weighted by molar-refractivity contribution is -0.122. The highest BCUT2D eigenvalue weighted by Gasteiger charge is 2.34. The standard InChI is InChI=1S/C12H20N2O4/c1-12(2,3)9(10(15)14-17)13-11(16)18-8-6-4-5-7-8/h8-9H,4-7H2,1-3H3,(H,13,16). The van der Waals surface area contributed by atoms with E-state index < -0.39 is 23.5 Å². The SMILES string of the molecule is CC(C)(C)C(NC(=O)OC1CCCC1)C(=O)N=O. The van der Waals surface area contributed by atoms with Crippen molar-refractivity contribution in [1.29, 1.82) is 0 Å². The van der Waals surface area contributed by atoms with Gasteiger partial charge in [0.1, 0.15) is 12.1 Å². The number of amides is 2. The van der Waals surface area contributed by atoms with Crippen molar-refractivity contribution in [2.75, 3.05) is 0 Å². The summed E-state index contributed by atoms with van der Waals surface area (Å²) in [5, 5.41) is 4.81. The molecule has 0 aromatic carbocycles. The first kappa shape index (κ1) is 14.6. The van der Waals surface area contributed by atoms with Gasteiger partial charge in [-0.2, -0.15) is 0 Å². The van der Waals surface area contributed by atoms with Gasteiger partial charge in [0, 0.05) is 5.18 Å². The molecule has 1 aliphatic carbocycles. The number of hydrogen-bond donors (Lipinski definition) is 1. The van der Waals surface area contributed by atoms with Crippen molar-refractivity contribution in [1.82, 2.24) is 5.32 Å². The summed E-state index contributed by atoms with van der Waals surface area (Å²) in [5.74, 6) is -0.883. The first-order chi connectivity index (χ1) is 8.34. The number of nitroso groups, excluding NO2 is 1. The van der Waals surface area contributed by atoms with E-state index in [1.54, 1.807) is 20.8 Å². The van der Waals surface area contributed by atoms with Gasteiger partial charge in [-0.25, -0.2) is 4.79 Å². The quantitative estimate of drug-likeness (QED) is 0.785. The molecule has 1 rings (SSSR count). The predicted molar refractivity (Wildman–Crippen MR) is 65.9 cm³/mol. The highest BCUT2D eigenvalue weighted by Crippen LogP contribution is 2.23. The lowest BCUT2D eigenvalue weighted by Gasteiger charge is -2.27. The van der Waals surface area contributed by atoms with Crippen LogP contribution in [0.15, 0.2) is 5.18 Å². The highest BCUT2D eigenvalue weighted by molar-refractivity contribution is 5.86. The van der Waals surface area contributed by atoms with Crippen LogP contribution in [-0.2, 0) is 9.53 Å². The number of rotatable bonds is 3. The summed E-state index contributed by atoms with van der Waals surface area (Å²) in [7, 11) is 0. The number of nitrogens with zero attached hydrogens (tertiary/aromatic N) is 1. The van der Waals surface area contributed by atoms with Gasteiger partial charge in [-0.1, -0.05) is 20.8 Å². The van der Waals surface area contributed by atoms with Gasteiger partial charge in [-0.3, -0.25) is 4.79 Å². The molecule has 1 fully saturated rings. The second kappa shape index (κ2) is 5.93. The van der Waals surface area contributed by atoms with Crippen molar-refractivity contribution < 1.29 is 14.3 Å². The Morgan fingerprint density at radius 2 is 1.83 bits per heavy atom. The molecule has 0 saturated heterocycles. The fraction of sp³-hybridized carbons (Fsp3) is 0.833. The molecule has 1 aliphatic rings. The van der Waals surface area contributed by atoms with E-state index in [4.69, 9.17) is 4.74 Å². The maximum atomic E-state index is 11.6. The molecule has 1 saturated carbocycles. The fourth-order valence-corrected chi connectivity index (χ4v) is 2.01. The van der Waals surface area contributed by atoms with Gasteiger partial charge in [0.2, 0.25) is 0 Å². The van der Waals surface area contributed by atoms with E-state index in [2.05, 4.69) is 10.5 Å². The van der Waals surface area contributed by atoms with Crippen LogP contribution in [0.25, 0.3) is 0 Å². The van der Waals surface area contributed by atoms with Crippen LogP contribution in [0.1, 0.15) is 46.5 Å². The Morgan fingerprint density at radius 1 is 1.28 bits per heavy atom. The number of nitrogens with one attached hydrogen (secondary N) is 1. The van der Waals surface area contributed by atoms with E-state index in [9.17, 15) is 14.5 Å². The summed E-state index contributed by atoms with van der Waals surface area (Å²) in [5.41, 5.74) is -0.584. The minimum atomic E-state index is -0.955. The number of carbonyl (C=O) groups is 2. The molecule has 18 heavy (non-hydrogen) atoms. The summed E-state index contributed by atoms with van der Waals surface area (Å²) < 4.78 is 5.19. The first-order valence-corrected chi connectivity index (χ1v) is 6.19. The topological polar surface area (TPSA) is 84.8 Å². The van der Waals surface area contributed by atoms with E-state index in [0.29, 0.717) is 0 Å². The third kappa shape index (κ3) is 4.09. The molecule has 0 aliphatic heterocycles. The average Bonchev–Trinajstić information content (AvgIpc) is 2.76. The van der Waals surface area contributed by atoms with Crippen molar-refractivity contribution >= 4 is 12.0 Å². The van der Waals surface area contributed by atoms with Crippen molar-refractivity contribution in [3.8, 4) is 0 Å². The molecule has 0 spiro atoms. The van der Waals surface area contributed by atoms with Gasteiger partial charge in [-0.15, -0.1) is 4.91 Å². The van der Waals surface area contributed by atoms with Crippen LogP contribution in [0.5, 0.6) is 0 Å². The summed E-state index contributed by atoms with van der Waals surface area (Å²) in [6.07, 6.45) is 3.08. The summed E-state index contributed by atoms with van der Waals surface area (Å²) in [4.78, 5) is 33.4. The molecule has 0 heterocycles. The van der Waals surface area contributed by atoms with Crippen LogP contribution in [0, 0.1) is 10.3 Å². The first-order valence-electron chi connectivity index (χ1n) is 6.19. The van der Waals surface area contributed by atoms with Crippen LogP contribution >= 0.6 is 0 Å². The van der Waals surface area contributed by atoms with E-state index in [0.717, 1.165) is 25.7 Å². The smallest absolute Gasteiger partial charge is 0.408 e. The average molecular weight is 256 g/mol. The minimum absolute atomic E-state index is 0.0788. The maximum absolute atomic E-state index is 11.6. The van der Waals surface area contributed by atoms with Crippen molar-refractivity contribution in [3.05, 3.63) is 4.91 Å². The van der Waals surface area contributed by atoms with E-state index in [-0.39, 0.29) is 6.10 Å². The highest BCUT2D eigenvalue weighted by atomic mass is 16.6. The van der Waals surface area contributed by atoms with E-state index in [1.807, 2.05) is 0 Å². The molecule has 6 nitrogen and oxygen atoms in total. The second-order valence-corrected chi connectivity index (χ2v) is 5.68. The zero-order valence-electron chi connectivity index (χ0n) is 11.1. The number of alkyl carbamates (subject to hydrolysis) is 1. The normalized spacial score (nSPS) is 18.2. The Kier molecular flexibility index (Phi) is 4.81. The molecule has 0 aromatic rings. The molecule has 0 aromatic heterocycles. The van der Waals surface area contributed by atoms with Gasteiger partial charge in [0.25, 0.3) is 0 Å². The Bertz CT molecular complexity index is 329. The third-order valence-electron chi connectivity index (χ3n) is 3.04. The molecule has 0 radical (unpaired) electrons. The van der Waals surface area contributed by atoms with Crippen LogP contribution in [0.2, 0.25) is 0 Å². The monoisotopic (exact) mass is 256 g/mol. The minimum Gasteiger partial charge on any atom is -0.446 e. The van der Waals surface area contributed by atoms with Gasteiger partial charge in [-0.05, 0) is 31.1 Å². The Morgan fingerprint density at radius 3 is 2.28 bits per heavy atom.